The van der Waals surface area contributed by atoms with E-state index in [2.05, 4.69) is 5.32 Å². The van der Waals surface area contributed by atoms with Crippen LogP contribution in [0.5, 0.6) is 5.75 Å². The first-order valence-electron chi connectivity index (χ1n) is 5.54. The minimum atomic E-state index is -0.249. The van der Waals surface area contributed by atoms with Gasteiger partial charge < -0.3 is 15.2 Å². The van der Waals surface area contributed by atoms with Crippen molar-refractivity contribution in [3.05, 3.63) is 29.8 Å². The van der Waals surface area contributed by atoms with Crippen LogP contribution in [0.1, 0.15) is 26.3 Å². The lowest BCUT2D eigenvalue weighted by molar-refractivity contribution is -0.124. The molecule has 1 amide bonds. The van der Waals surface area contributed by atoms with Gasteiger partial charge in [0.15, 0.2) is 6.61 Å². The lowest BCUT2D eigenvalue weighted by Gasteiger charge is -2.20. The average Bonchev–Trinajstić information content (AvgIpc) is 2.25. The number of aliphatic hydroxyl groups excluding tert-OH is 1. The minimum absolute atomic E-state index is 0.00422. The van der Waals surface area contributed by atoms with Crippen molar-refractivity contribution in [1.29, 1.82) is 0 Å². The highest BCUT2D eigenvalue weighted by molar-refractivity contribution is 5.78. The molecule has 0 aliphatic rings. The molecule has 0 spiro atoms. The molecule has 0 aliphatic carbocycles. The second-order valence-electron chi connectivity index (χ2n) is 4.89. The predicted molar refractivity (Wildman–Crippen MR) is 65.8 cm³/mol. The van der Waals surface area contributed by atoms with Crippen molar-refractivity contribution in [2.45, 2.75) is 32.9 Å². The number of nitrogens with one attached hydrogen (secondary N) is 1. The van der Waals surface area contributed by atoms with Crippen molar-refractivity contribution >= 4 is 5.91 Å². The molecule has 0 heterocycles. The van der Waals surface area contributed by atoms with Crippen molar-refractivity contribution in [3.63, 3.8) is 0 Å². The van der Waals surface area contributed by atoms with Crippen LogP contribution in [0.15, 0.2) is 24.3 Å². The Morgan fingerprint density at radius 3 is 2.35 bits per heavy atom. The smallest absolute Gasteiger partial charge is 0.258 e. The van der Waals surface area contributed by atoms with Crippen molar-refractivity contribution < 1.29 is 14.6 Å². The molecular weight excluding hydrogens is 218 g/mol. The Labute approximate surface area is 102 Å². The van der Waals surface area contributed by atoms with Crippen molar-refractivity contribution in [2.24, 2.45) is 0 Å². The number of aliphatic hydroxyl groups is 1. The molecule has 1 aromatic carbocycles. The van der Waals surface area contributed by atoms with E-state index in [9.17, 15) is 4.79 Å². The molecule has 0 saturated heterocycles. The Morgan fingerprint density at radius 2 is 1.88 bits per heavy atom. The molecule has 0 unspecified atom stereocenters. The summed E-state index contributed by atoms with van der Waals surface area (Å²) < 4.78 is 5.32. The third-order valence-electron chi connectivity index (χ3n) is 1.99. The highest BCUT2D eigenvalue weighted by atomic mass is 16.5. The van der Waals surface area contributed by atoms with Crippen LogP contribution in [0.25, 0.3) is 0 Å². The summed E-state index contributed by atoms with van der Waals surface area (Å²) in [6, 6.07) is 6.99. The summed E-state index contributed by atoms with van der Waals surface area (Å²) in [4.78, 5) is 11.5. The summed E-state index contributed by atoms with van der Waals surface area (Å²) in [6.45, 7) is 5.75. The van der Waals surface area contributed by atoms with Crippen LogP contribution in [0.2, 0.25) is 0 Å². The topological polar surface area (TPSA) is 58.6 Å². The molecule has 2 N–H and O–H groups in total. The predicted octanol–water partition coefficient (Wildman–Crippen LogP) is 1.47. The molecule has 0 bridgehead atoms. The number of benzene rings is 1. The summed E-state index contributed by atoms with van der Waals surface area (Å²) in [5, 5.41) is 11.7. The van der Waals surface area contributed by atoms with Crippen LogP contribution < -0.4 is 10.1 Å². The van der Waals surface area contributed by atoms with Gasteiger partial charge in [0, 0.05) is 5.54 Å². The monoisotopic (exact) mass is 237 g/mol. The van der Waals surface area contributed by atoms with Gasteiger partial charge in [-0.25, -0.2) is 0 Å². The van der Waals surface area contributed by atoms with Crippen molar-refractivity contribution in [1.82, 2.24) is 5.32 Å². The molecule has 0 fully saturated rings. The van der Waals surface area contributed by atoms with E-state index in [-0.39, 0.29) is 24.7 Å². The zero-order chi connectivity index (χ0) is 12.9. The van der Waals surface area contributed by atoms with E-state index in [1.54, 1.807) is 24.3 Å². The van der Waals surface area contributed by atoms with E-state index in [1.165, 1.54) is 0 Å². The number of hydrogen-bond acceptors (Lipinski definition) is 3. The number of carbonyl (C=O) groups is 1. The second-order valence-corrected chi connectivity index (χ2v) is 4.89. The minimum Gasteiger partial charge on any atom is -0.484 e. The Hall–Kier alpha value is -1.55. The largest absolute Gasteiger partial charge is 0.484 e. The molecule has 1 rings (SSSR count). The van der Waals surface area contributed by atoms with Crippen LogP contribution in [0, 0.1) is 0 Å². The van der Waals surface area contributed by atoms with Gasteiger partial charge in [0.1, 0.15) is 5.75 Å². The molecule has 0 saturated carbocycles. The summed E-state index contributed by atoms with van der Waals surface area (Å²) in [5.41, 5.74) is 0.567. The van der Waals surface area contributed by atoms with Gasteiger partial charge in [0.05, 0.1) is 6.61 Å². The summed E-state index contributed by atoms with van der Waals surface area (Å²) in [5.74, 6) is 0.468. The number of carbonyl (C=O) groups excluding carboxylic acids is 1. The molecule has 0 aliphatic heterocycles. The molecule has 4 heteroatoms. The maximum atomic E-state index is 11.5. The van der Waals surface area contributed by atoms with Gasteiger partial charge in [-0.15, -0.1) is 0 Å². The van der Waals surface area contributed by atoms with E-state index in [1.807, 2.05) is 20.8 Å². The standard InChI is InChI=1S/C13H19NO3/c1-13(2,3)14-12(16)9-17-11-6-4-10(8-15)5-7-11/h4-7,15H,8-9H2,1-3H3,(H,14,16). The average molecular weight is 237 g/mol. The SMILES string of the molecule is CC(C)(C)NC(=O)COc1ccc(CO)cc1. The number of amides is 1. The number of ether oxygens (including phenoxy) is 1. The summed E-state index contributed by atoms with van der Waals surface area (Å²) in [6.07, 6.45) is 0. The Balaban J connectivity index is 2.42. The first-order chi connectivity index (χ1) is 7.90. The fraction of sp³-hybridized carbons (Fsp3) is 0.462. The van der Waals surface area contributed by atoms with Crippen LogP contribution in [-0.2, 0) is 11.4 Å². The first-order valence-corrected chi connectivity index (χ1v) is 5.54. The maximum absolute atomic E-state index is 11.5. The lowest BCUT2D eigenvalue weighted by atomic mass is 10.1. The van der Waals surface area contributed by atoms with Gasteiger partial charge in [0.2, 0.25) is 0 Å². The van der Waals surface area contributed by atoms with Crippen LogP contribution in [0.3, 0.4) is 0 Å². The van der Waals surface area contributed by atoms with Crippen LogP contribution >= 0.6 is 0 Å². The van der Waals surface area contributed by atoms with Crippen LogP contribution in [-0.4, -0.2) is 23.2 Å². The third-order valence-corrected chi connectivity index (χ3v) is 1.99. The maximum Gasteiger partial charge on any atom is 0.258 e. The molecule has 0 aromatic heterocycles. The quantitative estimate of drug-likeness (QED) is 0.833. The van der Waals surface area contributed by atoms with Crippen LogP contribution in [0.4, 0.5) is 0 Å². The number of hydrogen-bond donors (Lipinski definition) is 2. The highest BCUT2D eigenvalue weighted by Crippen LogP contribution is 2.12. The van der Waals surface area contributed by atoms with Crippen molar-refractivity contribution in [3.8, 4) is 5.75 Å². The Bertz CT molecular complexity index is 365. The summed E-state index contributed by atoms with van der Waals surface area (Å²) >= 11 is 0. The van der Waals surface area contributed by atoms with Gasteiger partial charge >= 0.3 is 0 Å². The fourth-order valence-corrected chi connectivity index (χ4v) is 1.29. The zero-order valence-corrected chi connectivity index (χ0v) is 10.5. The first kappa shape index (κ1) is 13.5. The molecule has 17 heavy (non-hydrogen) atoms. The fourth-order valence-electron chi connectivity index (χ4n) is 1.29. The third kappa shape index (κ3) is 5.36. The van der Waals surface area contributed by atoms with Gasteiger partial charge in [-0.3, -0.25) is 4.79 Å². The molecule has 0 atom stereocenters. The molecule has 4 nitrogen and oxygen atoms in total. The van der Waals surface area contributed by atoms with E-state index in [4.69, 9.17) is 9.84 Å². The molecule has 0 radical (unpaired) electrons. The molecule has 94 valence electrons. The van der Waals surface area contributed by atoms with E-state index in [0.717, 1.165) is 5.56 Å². The van der Waals surface area contributed by atoms with Crippen molar-refractivity contribution in [2.75, 3.05) is 6.61 Å². The summed E-state index contributed by atoms with van der Waals surface area (Å²) in [7, 11) is 0. The van der Waals surface area contributed by atoms with E-state index >= 15 is 0 Å². The zero-order valence-electron chi connectivity index (χ0n) is 10.5. The van der Waals surface area contributed by atoms with E-state index in [0.29, 0.717) is 5.75 Å². The Morgan fingerprint density at radius 1 is 1.29 bits per heavy atom. The highest BCUT2D eigenvalue weighted by Gasteiger charge is 2.13. The normalized spacial score (nSPS) is 11.1. The molecule has 1 aromatic rings. The van der Waals surface area contributed by atoms with Gasteiger partial charge in [-0.2, -0.15) is 0 Å². The number of rotatable bonds is 4. The van der Waals surface area contributed by atoms with Gasteiger partial charge in [-0.05, 0) is 38.5 Å². The van der Waals surface area contributed by atoms with Gasteiger partial charge in [-0.1, -0.05) is 12.1 Å². The van der Waals surface area contributed by atoms with E-state index < -0.39 is 0 Å². The second kappa shape index (κ2) is 5.68. The lowest BCUT2D eigenvalue weighted by Crippen LogP contribution is -2.43. The molecular formula is C13H19NO3. The van der Waals surface area contributed by atoms with Gasteiger partial charge in [0.25, 0.3) is 5.91 Å². The Kier molecular flexibility index (Phi) is 4.52.